The molecule has 1 aliphatic rings. The van der Waals surface area contributed by atoms with Crippen LogP contribution in [0.5, 0.6) is 0 Å². The molecule has 102 valence electrons. The molecule has 2 heterocycles. The molecule has 1 fully saturated rings. The molecular weight excluding hydrogens is 224 g/mol. The lowest BCUT2D eigenvalue weighted by Crippen LogP contribution is -2.26. The maximum absolute atomic E-state index is 4.51. The van der Waals surface area contributed by atoms with Crippen molar-refractivity contribution in [1.82, 2.24) is 20.0 Å². The molecule has 1 aromatic rings. The Hall–Kier alpha value is -0.870. The normalized spacial score (nSPS) is 20.7. The SMILES string of the molecule is CNCC1CCN(CCCn2nc(C)cc2C)C1. The predicted molar refractivity (Wildman–Crippen MR) is 74.8 cm³/mol. The van der Waals surface area contributed by atoms with Gasteiger partial charge in [0.05, 0.1) is 5.69 Å². The first kappa shape index (κ1) is 13.6. The average Bonchev–Trinajstić information content (AvgIpc) is 2.87. The van der Waals surface area contributed by atoms with Crippen molar-refractivity contribution in [2.75, 3.05) is 33.2 Å². The molecule has 0 aromatic carbocycles. The number of aryl methyl sites for hydroxylation is 3. The monoisotopic (exact) mass is 250 g/mol. The Morgan fingerprint density at radius 3 is 2.89 bits per heavy atom. The second-order valence-electron chi connectivity index (χ2n) is 5.52. The van der Waals surface area contributed by atoms with Crippen molar-refractivity contribution in [1.29, 1.82) is 0 Å². The first-order chi connectivity index (χ1) is 8.69. The van der Waals surface area contributed by atoms with Crippen molar-refractivity contribution in [2.45, 2.75) is 33.2 Å². The van der Waals surface area contributed by atoms with Crippen LogP contribution >= 0.6 is 0 Å². The Kier molecular flexibility index (Phi) is 4.78. The van der Waals surface area contributed by atoms with Crippen molar-refractivity contribution in [3.8, 4) is 0 Å². The van der Waals surface area contributed by atoms with E-state index in [9.17, 15) is 0 Å². The third kappa shape index (κ3) is 3.56. The van der Waals surface area contributed by atoms with E-state index in [0.717, 1.165) is 24.7 Å². The summed E-state index contributed by atoms with van der Waals surface area (Å²) >= 11 is 0. The molecule has 1 saturated heterocycles. The highest BCUT2D eigenvalue weighted by molar-refractivity contribution is 5.06. The third-order valence-electron chi connectivity index (χ3n) is 3.81. The molecule has 1 aliphatic heterocycles. The molecule has 0 saturated carbocycles. The highest BCUT2D eigenvalue weighted by Gasteiger charge is 2.20. The van der Waals surface area contributed by atoms with Gasteiger partial charge in [-0.05, 0) is 65.4 Å². The van der Waals surface area contributed by atoms with E-state index in [1.54, 1.807) is 0 Å². The minimum Gasteiger partial charge on any atom is -0.319 e. The van der Waals surface area contributed by atoms with Crippen LogP contribution in [0.1, 0.15) is 24.2 Å². The summed E-state index contributed by atoms with van der Waals surface area (Å²) < 4.78 is 2.14. The van der Waals surface area contributed by atoms with E-state index in [0.29, 0.717) is 0 Å². The number of rotatable bonds is 6. The van der Waals surface area contributed by atoms with Crippen LogP contribution in [-0.2, 0) is 6.54 Å². The van der Waals surface area contributed by atoms with Gasteiger partial charge in [0.1, 0.15) is 0 Å². The smallest absolute Gasteiger partial charge is 0.0596 e. The largest absolute Gasteiger partial charge is 0.319 e. The maximum Gasteiger partial charge on any atom is 0.0596 e. The Labute approximate surface area is 110 Å². The fraction of sp³-hybridized carbons (Fsp3) is 0.786. The predicted octanol–water partition coefficient (Wildman–Crippen LogP) is 1.43. The van der Waals surface area contributed by atoms with Crippen molar-refractivity contribution in [2.24, 2.45) is 5.92 Å². The lowest BCUT2D eigenvalue weighted by atomic mass is 10.1. The molecule has 1 unspecified atom stereocenters. The lowest BCUT2D eigenvalue weighted by molar-refractivity contribution is 0.308. The van der Waals surface area contributed by atoms with Gasteiger partial charge in [-0.25, -0.2) is 0 Å². The fourth-order valence-electron chi connectivity index (χ4n) is 2.92. The molecule has 0 aliphatic carbocycles. The number of hydrogen-bond acceptors (Lipinski definition) is 3. The van der Waals surface area contributed by atoms with Crippen LogP contribution in [-0.4, -0.2) is 47.9 Å². The average molecular weight is 250 g/mol. The molecule has 0 spiro atoms. The van der Waals surface area contributed by atoms with E-state index in [-0.39, 0.29) is 0 Å². The van der Waals surface area contributed by atoms with Crippen molar-refractivity contribution in [3.05, 3.63) is 17.5 Å². The molecule has 4 nitrogen and oxygen atoms in total. The first-order valence-electron chi connectivity index (χ1n) is 7.07. The summed E-state index contributed by atoms with van der Waals surface area (Å²) in [5, 5.41) is 7.79. The molecular formula is C14H26N4. The highest BCUT2D eigenvalue weighted by atomic mass is 15.3. The van der Waals surface area contributed by atoms with Gasteiger partial charge in [0.15, 0.2) is 0 Å². The number of likely N-dealkylation sites (tertiary alicyclic amines) is 1. The van der Waals surface area contributed by atoms with Gasteiger partial charge in [-0.3, -0.25) is 4.68 Å². The van der Waals surface area contributed by atoms with E-state index in [2.05, 4.69) is 39.9 Å². The Morgan fingerprint density at radius 2 is 2.22 bits per heavy atom. The maximum atomic E-state index is 4.51. The van der Waals surface area contributed by atoms with E-state index in [1.165, 1.54) is 38.2 Å². The standard InChI is InChI=1S/C14H26N4/c1-12-9-13(2)18(16-12)7-4-6-17-8-5-14(11-17)10-15-3/h9,14-15H,4-8,10-11H2,1-3H3. The van der Waals surface area contributed by atoms with Gasteiger partial charge in [0.2, 0.25) is 0 Å². The second kappa shape index (κ2) is 6.34. The van der Waals surface area contributed by atoms with Crippen molar-refractivity contribution in [3.63, 3.8) is 0 Å². The van der Waals surface area contributed by atoms with E-state index in [4.69, 9.17) is 0 Å². The molecule has 0 radical (unpaired) electrons. The minimum absolute atomic E-state index is 0.851. The van der Waals surface area contributed by atoms with Crippen LogP contribution in [0.4, 0.5) is 0 Å². The van der Waals surface area contributed by atoms with Crippen molar-refractivity contribution < 1.29 is 0 Å². The fourth-order valence-corrected chi connectivity index (χ4v) is 2.92. The van der Waals surface area contributed by atoms with Gasteiger partial charge < -0.3 is 10.2 Å². The summed E-state index contributed by atoms with van der Waals surface area (Å²) in [6.07, 6.45) is 2.55. The molecule has 4 heteroatoms. The third-order valence-corrected chi connectivity index (χ3v) is 3.81. The number of nitrogens with one attached hydrogen (secondary N) is 1. The highest BCUT2D eigenvalue weighted by Crippen LogP contribution is 2.15. The topological polar surface area (TPSA) is 33.1 Å². The van der Waals surface area contributed by atoms with Crippen LogP contribution in [0.25, 0.3) is 0 Å². The molecule has 1 atom stereocenters. The molecule has 1 aromatic heterocycles. The van der Waals surface area contributed by atoms with Gasteiger partial charge in [0.25, 0.3) is 0 Å². The van der Waals surface area contributed by atoms with Crippen LogP contribution < -0.4 is 5.32 Å². The zero-order valence-electron chi connectivity index (χ0n) is 11.9. The molecule has 18 heavy (non-hydrogen) atoms. The molecule has 0 amide bonds. The summed E-state index contributed by atoms with van der Waals surface area (Å²) in [4.78, 5) is 2.59. The molecule has 2 rings (SSSR count). The Balaban J connectivity index is 1.68. The van der Waals surface area contributed by atoms with Gasteiger partial charge >= 0.3 is 0 Å². The van der Waals surface area contributed by atoms with E-state index >= 15 is 0 Å². The Bertz CT molecular complexity index is 372. The first-order valence-corrected chi connectivity index (χ1v) is 7.07. The zero-order chi connectivity index (χ0) is 13.0. The summed E-state index contributed by atoms with van der Waals surface area (Å²) in [5.74, 6) is 0.851. The summed E-state index contributed by atoms with van der Waals surface area (Å²) in [5.41, 5.74) is 2.41. The second-order valence-corrected chi connectivity index (χ2v) is 5.52. The number of hydrogen-bond donors (Lipinski definition) is 1. The number of aromatic nitrogens is 2. The van der Waals surface area contributed by atoms with E-state index in [1.807, 2.05) is 7.05 Å². The summed E-state index contributed by atoms with van der Waals surface area (Å²) in [6, 6.07) is 2.15. The Morgan fingerprint density at radius 1 is 1.39 bits per heavy atom. The molecule has 0 bridgehead atoms. The molecule has 1 N–H and O–H groups in total. The zero-order valence-corrected chi connectivity index (χ0v) is 11.9. The lowest BCUT2D eigenvalue weighted by Gasteiger charge is -2.16. The van der Waals surface area contributed by atoms with Crippen molar-refractivity contribution >= 4 is 0 Å². The number of nitrogens with zero attached hydrogens (tertiary/aromatic N) is 3. The van der Waals surface area contributed by atoms with Crippen LogP contribution in [0, 0.1) is 19.8 Å². The van der Waals surface area contributed by atoms with Gasteiger partial charge in [-0.2, -0.15) is 5.10 Å². The van der Waals surface area contributed by atoms with Gasteiger partial charge in [-0.1, -0.05) is 0 Å². The van der Waals surface area contributed by atoms with E-state index < -0.39 is 0 Å². The summed E-state index contributed by atoms with van der Waals surface area (Å²) in [6.45, 7) is 10.1. The minimum atomic E-state index is 0.851. The quantitative estimate of drug-likeness (QED) is 0.829. The van der Waals surface area contributed by atoms with Crippen LogP contribution in [0.2, 0.25) is 0 Å². The van der Waals surface area contributed by atoms with Gasteiger partial charge in [-0.15, -0.1) is 0 Å². The summed E-state index contributed by atoms with van der Waals surface area (Å²) in [7, 11) is 2.05. The van der Waals surface area contributed by atoms with Gasteiger partial charge in [0, 0.05) is 18.8 Å². The van der Waals surface area contributed by atoms with Crippen LogP contribution in [0.3, 0.4) is 0 Å². The van der Waals surface area contributed by atoms with Crippen LogP contribution in [0.15, 0.2) is 6.07 Å².